The molecule has 0 aliphatic carbocycles. The van der Waals surface area contributed by atoms with E-state index in [0.29, 0.717) is 12.1 Å². The van der Waals surface area contributed by atoms with Gasteiger partial charge >= 0.3 is 0 Å². The minimum absolute atomic E-state index is 0.126. The fourth-order valence-corrected chi connectivity index (χ4v) is 1.58. The van der Waals surface area contributed by atoms with Crippen LogP contribution in [0.25, 0.3) is 5.52 Å². The minimum atomic E-state index is -0.533. The first-order valence-electron chi connectivity index (χ1n) is 4.81. The van der Waals surface area contributed by atoms with Crippen LogP contribution in [0.4, 0.5) is 0 Å². The molecule has 0 fully saturated rings. The van der Waals surface area contributed by atoms with Crippen LogP contribution >= 0.6 is 0 Å². The summed E-state index contributed by atoms with van der Waals surface area (Å²) in [5.74, 6) is 0. The Hall–Kier alpha value is -1.62. The third-order valence-corrected chi connectivity index (χ3v) is 2.19. The van der Waals surface area contributed by atoms with Crippen LogP contribution < -0.4 is 5.56 Å². The third kappa shape index (κ3) is 1.78. The summed E-state index contributed by atoms with van der Waals surface area (Å²) in [7, 11) is 0. The van der Waals surface area contributed by atoms with E-state index in [4.69, 9.17) is 0 Å². The number of aliphatic hydroxyl groups excluding tert-OH is 1. The van der Waals surface area contributed by atoms with E-state index >= 15 is 0 Å². The number of nitrogens with zero attached hydrogens (tertiary/aromatic N) is 3. The Bertz CT molecular complexity index is 539. The van der Waals surface area contributed by atoms with E-state index in [1.54, 1.807) is 29.9 Å². The fraction of sp³-hybridized carbons (Fsp3) is 0.400. The molecule has 0 amide bonds. The molecule has 5 heteroatoms. The average molecular weight is 207 g/mol. The Balaban J connectivity index is 2.59. The minimum Gasteiger partial charge on any atom is -0.392 e. The quantitative estimate of drug-likeness (QED) is 0.764. The molecule has 1 atom stereocenters. The highest BCUT2D eigenvalue weighted by atomic mass is 16.3. The second-order valence-electron chi connectivity index (χ2n) is 3.72. The molecule has 0 radical (unpaired) electrons. The van der Waals surface area contributed by atoms with E-state index in [1.165, 1.54) is 4.57 Å². The van der Waals surface area contributed by atoms with E-state index in [2.05, 4.69) is 5.10 Å². The second-order valence-corrected chi connectivity index (χ2v) is 3.72. The maximum atomic E-state index is 11.9. The van der Waals surface area contributed by atoms with E-state index in [-0.39, 0.29) is 5.56 Å². The Labute approximate surface area is 86.6 Å². The van der Waals surface area contributed by atoms with Crippen molar-refractivity contribution in [3.8, 4) is 0 Å². The SMILES string of the molecule is Cc1cc2c(=O)n(C[C@@H](C)O)ccn2n1. The van der Waals surface area contributed by atoms with Gasteiger partial charge in [0.2, 0.25) is 0 Å². The Morgan fingerprint density at radius 2 is 2.27 bits per heavy atom. The van der Waals surface area contributed by atoms with E-state index in [1.807, 2.05) is 6.92 Å². The smallest absolute Gasteiger partial charge is 0.276 e. The van der Waals surface area contributed by atoms with Gasteiger partial charge in [0.05, 0.1) is 18.3 Å². The van der Waals surface area contributed by atoms with Crippen molar-refractivity contribution in [2.24, 2.45) is 0 Å². The van der Waals surface area contributed by atoms with Gasteiger partial charge in [-0.05, 0) is 19.9 Å². The van der Waals surface area contributed by atoms with Crippen molar-refractivity contribution in [3.05, 3.63) is 34.5 Å². The molecule has 2 rings (SSSR count). The second kappa shape index (κ2) is 3.51. The summed E-state index contributed by atoms with van der Waals surface area (Å²) in [5, 5.41) is 13.4. The number of aromatic nitrogens is 3. The number of rotatable bonds is 2. The van der Waals surface area contributed by atoms with Crippen molar-refractivity contribution in [2.45, 2.75) is 26.5 Å². The van der Waals surface area contributed by atoms with Crippen LogP contribution in [-0.4, -0.2) is 25.4 Å². The monoisotopic (exact) mass is 207 g/mol. The van der Waals surface area contributed by atoms with Crippen molar-refractivity contribution in [1.29, 1.82) is 0 Å². The zero-order valence-corrected chi connectivity index (χ0v) is 8.71. The molecule has 80 valence electrons. The largest absolute Gasteiger partial charge is 0.392 e. The predicted molar refractivity (Wildman–Crippen MR) is 55.9 cm³/mol. The van der Waals surface area contributed by atoms with Crippen molar-refractivity contribution in [3.63, 3.8) is 0 Å². The molecule has 5 nitrogen and oxygen atoms in total. The van der Waals surface area contributed by atoms with E-state index in [0.717, 1.165) is 5.69 Å². The van der Waals surface area contributed by atoms with Crippen LogP contribution in [0.3, 0.4) is 0 Å². The summed E-state index contributed by atoms with van der Waals surface area (Å²) < 4.78 is 3.04. The standard InChI is InChI=1S/C10H13N3O2/c1-7-5-9-10(15)12(6-8(2)14)3-4-13(9)11-7/h3-5,8,14H,6H2,1-2H3/t8-/m1/s1. The van der Waals surface area contributed by atoms with Gasteiger partial charge in [-0.1, -0.05) is 0 Å². The van der Waals surface area contributed by atoms with Gasteiger partial charge in [-0.25, -0.2) is 4.52 Å². The van der Waals surface area contributed by atoms with E-state index in [9.17, 15) is 9.90 Å². The van der Waals surface area contributed by atoms with Gasteiger partial charge in [0.15, 0.2) is 0 Å². The van der Waals surface area contributed by atoms with Crippen molar-refractivity contribution < 1.29 is 5.11 Å². The molecule has 15 heavy (non-hydrogen) atoms. The molecular formula is C10H13N3O2. The van der Waals surface area contributed by atoms with Crippen molar-refractivity contribution in [1.82, 2.24) is 14.2 Å². The van der Waals surface area contributed by atoms with Crippen LogP contribution in [0.15, 0.2) is 23.3 Å². The van der Waals surface area contributed by atoms with Crippen LogP contribution in [0.2, 0.25) is 0 Å². The summed E-state index contributed by atoms with van der Waals surface area (Å²) in [4.78, 5) is 11.9. The van der Waals surface area contributed by atoms with Gasteiger partial charge in [0, 0.05) is 12.4 Å². The summed E-state index contributed by atoms with van der Waals surface area (Å²) >= 11 is 0. The maximum Gasteiger partial charge on any atom is 0.276 e. The number of hydrogen-bond donors (Lipinski definition) is 1. The summed E-state index contributed by atoms with van der Waals surface area (Å²) in [6.07, 6.45) is 2.81. The Kier molecular flexibility index (Phi) is 2.32. The molecule has 0 aromatic carbocycles. The summed E-state index contributed by atoms with van der Waals surface area (Å²) in [5.41, 5.74) is 1.22. The number of hydrogen-bond acceptors (Lipinski definition) is 3. The predicted octanol–water partition coefficient (Wildman–Crippen LogP) is 0.185. The average Bonchev–Trinajstić information content (AvgIpc) is 2.51. The molecule has 2 heterocycles. The number of aryl methyl sites for hydroxylation is 1. The molecular weight excluding hydrogens is 194 g/mol. The zero-order valence-electron chi connectivity index (χ0n) is 8.71. The van der Waals surface area contributed by atoms with Crippen molar-refractivity contribution >= 4 is 5.52 Å². The first kappa shape index (κ1) is 9.92. The lowest BCUT2D eigenvalue weighted by Gasteiger charge is -2.07. The molecule has 2 aromatic heterocycles. The Morgan fingerprint density at radius 3 is 2.93 bits per heavy atom. The van der Waals surface area contributed by atoms with Gasteiger partial charge in [0.1, 0.15) is 5.52 Å². The fourth-order valence-electron chi connectivity index (χ4n) is 1.58. The third-order valence-electron chi connectivity index (χ3n) is 2.19. The molecule has 2 aromatic rings. The van der Waals surface area contributed by atoms with Gasteiger partial charge in [-0.15, -0.1) is 0 Å². The molecule has 0 bridgehead atoms. The lowest BCUT2D eigenvalue weighted by Crippen LogP contribution is -2.25. The topological polar surface area (TPSA) is 59.5 Å². The van der Waals surface area contributed by atoms with Crippen LogP contribution in [0.1, 0.15) is 12.6 Å². The molecule has 0 aliphatic heterocycles. The highest BCUT2D eigenvalue weighted by Gasteiger charge is 2.06. The Morgan fingerprint density at radius 1 is 1.53 bits per heavy atom. The normalized spacial score (nSPS) is 13.3. The van der Waals surface area contributed by atoms with Gasteiger partial charge in [-0.3, -0.25) is 4.79 Å². The highest BCUT2D eigenvalue weighted by molar-refractivity contribution is 5.44. The van der Waals surface area contributed by atoms with Gasteiger partial charge in [-0.2, -0.15) is 5.10 Å². The lowest BCUT2D eigenvalue weighted by atomic mass is 10.4. The van der Waals surface area contributed by atoms with E-state index < -0.39 is 6.10 Å². The van der Waals surface area contributed by atoms with Crippen LogP contribution in [0, 0.1) is 6.92 Å². The molecule has 0 saturated carbocycles. The number of fused-ring (bicyclic) bond motifs is 1. The molecule has 0 aliphatic rings. The summed E-state index contributed by atoms with van der Waals surface area (Å²) in [6, 6.07) is 1.74. The van der Waals surface area contributed by atoms with Crippen molar-refractivity contribution in [2.75, 3.05) is 0 Å². The molecule has 0 unspecified atom stereocenters. The maximum absolute atomic E-state index is 11.9. The van der Waals surface area contributed by atoms with Gasteiger partial charge < -0.3 is 9.67 Å². The molecule has 0 saturated heterocycles. The first-order chi connectivity index (χ1) is 7.08. The molecule has 1 N–H and O–H groups in total. The lowest BCUT2D eigenvalue weighted by molar-refractivity contribution is 0.172. The number of aliphatic hydroxyl groups is 1. The van der Waals surface area contributed by atoms with Gasteiger partial charge in [0.25, 0.3) is 5.56 Å². The zero-order chi connectivity index (χ0) is 11.0. The van der Waals surface area contributed by atoms with Crippen LogP contribution in [0.5, 0.6) is 0 Å². The van der Waals surface area contributed by atoms with Crippen LogP contribution in [-0.2, 0) is 6.54 Å². The highest BCUT2D eigenvalue weighted by Crippen LogP contribution is 2.00. The summed E-state index contributed by atoms with van der Waals surface area (Å²) in [6.45, 7) is 3.79. The molecule has 0 spiro atoms. The first-order valence-corrected chi connectivity index (χ1v) is 4.81.